The van der Waals surface area contributed by atoms with Crippen molar-refractivity contribution in [1.29, 1.82) is 0 Å². The van der Waals surface area contributed by atoms with E-state index in [0.29, 0.717) is 5.69 Å². The fraction of sp³-hybridized carbons (Fsp3) is 0.643. The van der Waals surface area contributed by atoms with E-state index in [1.807, 2.05) is 18.7 Å². The molecule has 1 unspecified atom stereocenters. The molecular formula is C14H22N4O3. The Labute approximate surface area is 123 Å². The van der Waals surface area contributed by atoms with E-state index in [9.17, 15) is 9.59 Å². The number of likely N-dealkylation sites (tertiary alicyclic amines) is 1. The highest BCUT2D eigenvalue weighted by molar-refractivity contribution is 5.93. The smallest absolute Gasteiger partial charge is 0.304 e. The lowest BCUT2D eigenvalue weighted by atomic mass is 9.99. The molecule has 1 saturated heterocycles. The number of aliphatic carboxylic acids is 1. The molecule has 1 aromatic heterocycles. The zero-order valence-corrected chi connectivity index (χ0v) is 12.5. The minimum atomic E-state index is -0.811. The minimum absolute atomic E-state index is 0.0476. The maximum Gasteiger partial charge on any atom is 0.304 e. The molecule has 116 valence electrons. The Morgan fingerprint density at radius 3 is 2.81 bits per heavy atom. The maximum absolute atomic E-state index is 12.2. The molecular weight excluding hydrogens is 272 g/mol. The predicted octanol–water partition coefficient (Wildman–Crippen LogP) is 1.29. The molecule has 2 rings (SSSR count). The summed E-state index contributed by atoms with van der Waals surface area (Å²) < 4.78 is 0. The van der Waals surface area contributed by atoms with E-state index in [1.165, 1.54) is 0 Å². The summed E-state index contributed by atoms with van der Waals surface area (Å²) in [6.07, 6.45) is 2.96. The third-order valence-corrected chi connectivity index (χ3v) is 3.90. The Hall–Kier alpha value is -1.89. The fourth-order valence-electron chi connectivity index (χ4n) is 2.80. The van der Waals surface area contributed by atoms with E-state index < -0.39 is 5.97 Å². The van der Waals surface area contributed by atoms with Gasteiger partial charge in [0.2, 0.25) is 5.91 Å². The number of aromatic amines is 1. The number of carboxylic acids is 1. The van der Waals surface area contributed by atoms with Gasteiger partial charge in [-0.15, -0.1) is 0 Å². The number of aryl methyl sites for hydroxylation is 2. The van der Waals surface area contributed by atoms with Crippen molar-refractivity contribution in [1.82, 2.24) is 15.1 Å². The molecule has 0 radical (unpaired) electrons. The van der Waals surface area contributed by atoms with Crippen LogP contribution in [0.3, 0.4) is 0 Å². The third kappa shape index (κ3) is 4.04. The Bertz CT molecular complexity index is 507. The fourth-order valence-corrected chi connectivity index (χ4v) is 2.80. The quantitative estimate of drug-likeness (QED) is 0.760. The summed E-state index contributed by atoms with van der Waals surface area (Å²) in [5, 5.41) is 18.7. The number of anilines is 1. The number of nitrogens with one attached hydrogen (secondary N) is 2. The van der Waals surface area contributed by atoms with Gasteiger partial charge >= 0.3 is 5.97 Å². The summed E-state index contributed by atoms with van der Waals surface area (Å²) in [5.74, 6) is -0.936. The molecule has 0 spiro atoms. The first-order valence-corrected chi connectivity index (χ1v) is 7.24. The van der Waals surface area contributed by atoms with Gasteiger partial charge in [0.25, 0.3) is 0 Å². The SMILES string of the molecule is Cc1n[nH]c(C)c1NC(=O)CN1CCCCC1CC(=O)O. The number of H-pyrrole nitrogens is 1. The van der Waals surface area contributed by atoms with Gasteiger partial charge in [-0.3, -0.25) is 19.6 Å². The number of carbonyl (C=O) groups excluding carboxylic acids is 1. The molecule has 21 heavy (non-hydrogen) atoms. The van der Waals surface area contributed by atoms with Gasteiger partial charge < -0.3 is 10.4 Å². The number of carbonyl (C=O) groups is 2. The van der Waals surface area contributed by atoms with Crippen LogP contribution in [0.15, 0.2) is 0 Å². The highest BCUT2D eigenvalue weighted by Crippen LogP contribution is 2.20. The van der Waals surface area contributed by atoms with Crippen LogP contribution < -0.4 is 5.32 Å². The summed E-state index contributed by atoms with van der Waals surface area (Å²) in [5.41, 5.74) is 2.29. The van der Waals surface area contributed by atoms with E-state index in [1.54, 1.807) is 0 Å². The summed E-state index contributed by atoms with van der Waals surface area (Å²) >= 11 is 0. The molecule has 1 amide bonds. The van der Waals surface area contributed by atoms with E-state index in [2.05, 4.69) is 15.5 Å². The zero-order valence-electron chi connectivity index (χ0n) is 12.5. The number of hydrogen-bond acceptors (Lipinski definition) is 4. The van der Waals surface area contributed by atoms with E-state index in [0.717, 1.165) is 37.2 Å². The van der Waals surface area contributed by atoms with Crippen LogP contribution in [0, 0.1) is 13.8 Å². The molecule has 7 nitrogen and oxygen atoms in total. The number of rotatable bonds is 5. The second kappa shape index (κ2) is 6.71. The monoisotopic (exact) mass is 294 g/mol. The average molecular weight is 294 g/mol. The maximum atomic E-state index is 12.2. The normalized spacial score (nSPS) is 19.4. The molecule has 1 aliphatic rings. The molecule has 0 bridgehead atoms. The molecule has 0 aromatic carbocycles. The molecule has 2 heterocycles. The number of nitrogens with zero attached hydrogens (tertiary/aromatic N) is 2. The van der Waals surface area contributed by atoms with Crippen molar-refractivity contribution in [3.8, 4) is 0 Å². The summed E-state index contributed by atoms with van der Waals surface area (Å²) in [4.78, 5) is 25.0. The van der Waals surface area contributed by atoms with Crippen LogP contribution in [-0.2, 0) is 9.59 Å². The van der Waals surface area contributed by atoms with Crippen LogP contribution in [0.5, 0.6) is 0 Å². The van der Waals surface area contributed by atoms with E-state index in [-0.39, 0.29) is 24.9 Å². The van der Waals surface area contributed by atoms with Gasteiger partial charge in [-0.05, 0) is 33.2 Å². The Morgan fingerprint density at radius 2 is 2.19 bits per heavy atom. The van der Waals surface area contributed by atoms with Crippen molar-refractivity contribution in [2.75, 3.05) is 18.4 Å². The van der Waals surface area contributed by atoms with Crippen LogP contribution in [0.25, 0.3) is 0 Å². The van der Waals surface area contributed by atoms with Crippen molar-refractivity contribution in [2.45, 2.75) is 45.6 Å². The summed E-state index contributed by atoms with van der Waals surface area (Å²) in [6, 6.07) is -0.0476. The number of amides is 1. The Kier molecular flexibility index (Phi) is 4.95. The number of carboxylic acid groups (broad SMARTS) is 1. The second-order valence-corrected chi connectivity index (χ2v) is 5.58. The first-order chi connectivity index (χ1) is 9.97. The number of piperidine rings is 1. The highest BCUT2D eigenvalue weighted by atomic mass is 16.4. The van der Waals surface area contributed by atoms with Crippen molar-refractivity contribution in [2.24, 2.45) is 0 Å². The van der Waals surface area contributed by atoms with Crippen LogP contribution in [0.4, 0.5) is 5.69 Å². The van der Waals surface area contributed by atoms with Crippen molar-refractivity contribution in [3.05, 3.63) is 11.4 Å². The van der Waals surface area contributed by atoms with Crippen LogP contribution in [0.2, 0.25) is 0 Å². The number of aromatic nitrogens is 2. The standard InChI is InChI=1S/C14H22N4O3/c1-9-14(10(2)17-16-9)15-12(19)8-18-6-4-3-5-11(18)7-13(20)21/h11H,3-8H2,1-2H3,(H,15,19)(H,16,17)(H,20,21). The van der Waals surface area contributed by atoms with Gasteiger partial charge in [0.1, 0.15) is 0 Å². The van der Waals surface area contributed by atoms with E-state index in [4.69, 9.17) is 5.11 Å². The van der Waals surface area contributed by atoms with Crippen LogP contribution >= 0.6 is 0 Å². The molecule has 0 saturated carbocycles. The second-order valence-electron chi connectivity index (χ2n) is 5.58. The van der Waals surface area contributed by atoms with Gasteiger partial charge in [0.15, 0.2) is 0 Å². The van der Waals surface area contributed by atoms with Gasteiger partial charge in [-0.2, -0.15) is 5.10 Å². The molecule has 1 aliphatic heterocycles. The lowest BCUT2D eigenvalue weighted by Gasteiger charge is -2.34. The van der Waals surface area contributed by atoms with Crippen LogP contribution in [-0.4, -0.2) is 51.2 Å². The number of hydrogen-bond donors (Lipinski definition) is 3. The summed E-state index contributed by atoms with van der Waals surface area (Å²) in [7, 11) is 0. The summed E-state index contributed by atoms with van der Waals surface area (Å²) in [6.45, 7) is 4.67. The molecule has 1 fully saturated rings. The molecule has 7 heteroatoms. The average Bonchev–Trinajstić information content (AvgIpc) is 2.72. The van der Waals surface area contributed by atoms with Gasteiger partial charge in [0.05, 0.1) is 30.0 Å². The van der Waals surface area contributed by atoms with Crippen molar-refractivity contribution in [3.63, 3.8) is 0 Å². The molecule has 0 aliphatic carbocycles. The Morgan fingerprint density at radius 1 is 1.43 bits per heavy atom. The largest absolute Gasteiger partial charge is 0.481 e. The third-order valence-electron chi connectivity index (χ3n) is 3.90. The lowest BCUT2D eigenvalue weighted by Crippen LogP contribution is -2.44. The Balaban J connectivity index is 1.95. The van der Waals surface area contributed by atoms with E-state index >= 15 is 0 Å². The van der Waals surface area contributed by atoms with Gasteiger partial charge in [-0.25, -0.2) is 0 Å². The molecule has 1 atom stereocenters. The van der Waals surface area contributed by atoms with Crippen LogP contribution in [0.1, 0.15) is 37.1 Å². The topological polar surface area (TPSA) is 98.3 Å². The first kappa shape index (κ1) is 15.5. The first-order valence-electron chi connectivity index (χ1n) is 7.24. The van der Waals surface area contributed by atoms with Crippen molar-refractivity contribution >= 4 is 17.6 Å². The minimum Gasteiger partial charge on any atom is -0.481 e. The zero-order chi connectivity index (χ0) is 15.4. The lowest BCUT2D eigenvalue weighted by molar-refractivity contribution is -0.139. The van der Waals surface area contributed by atoms with Gasteiger partial charge in [-0.1, -0.05) is 6.42 Å². The highest BCUT2D eigenvalue weighted by Gasteiger charge is 2.26. The van der Waals surface area contributed by atoms with Gasteiger partial charge in [0, 0.05) is 6.04 Å². The predicted molar refractivity (Wildman–Crippen MR) is 78.2 cm³/mol. The molecule has 1 aromatic rings. The van der Waals surface area contributed by atoms with Crippen molar-refractivity contribution < 1.29 is 14.7 Å². The molecule has 3 N–H and O–H groups in total.